The van der Waals surface area contributed by atoms with Gasteiger partial charge in [-0.25, -0.2) is 17.9 Å². The van der Waals surface area contributed by atoms with Crippen molar-refractivity contribution in [2.45, 2.75) is 31.7 Å². The monoisotopic (exact) mass is 361 g/mol. The van der Waals surface area contributed by atoms with Crippen molar-refractivity contribution < 1.29 is 17.9 Å². The fraction of sp³-hybridized carbons (Fsp3) is 0.316. The molecule has 1 N–H and O–H groups in total. The van der Waals surface area contributed by atoms with Crippen LogP contribution in [-0.4, -0.2) is 21.0 Å². The zero-order valence-electron chi connectivity index (χ0n) is 14.6. The third-order valence-electron chi connectivity index (χ3n) is 3.78. The molecular formula is C19H23NO4S. The van der Waals surface area contributed by atoms with Crippen LogP contribution in [0.15, 0.2) is 59.5 Å². The summed E-state index contributed by atoms with van der Waals surface area (Å²) < 4.78 is 33.1. The van der Waals surface area contributed by atoms with Gasteiger partial charge < -0.3 is 4.74 Å². The predicted octanol–water partition coefficient (Wildman–Crippen LogP) is 3.54. The van der Waals surface area contributed by atoms with Crippen LogP contribution < -0.4 is 4.72 Å². The molecule has 25 heavy (non-hydrogen) atoms. The Morgan fingerprint density at radius 2 is 1.64 bits per heavy atom. The van der Waals surface area contributed by atoms with E-state index in [1.54, 1.807) is 6.92 Å². The van der Waals surface area contributed by atoms with E-state index in [4.69, 9.17) is 4.74 Å². The molecule has 0 saturated carbocycles. The Bertz CT molecular complexity index is 799. The molecule has 0 aromatic heterocycles. The summed E-state index contributed by atoms with van der Waals surface area (Å²) >= 11 is 0. The van der Waals surface area contributed by atoms with Gasteiger partial charge in [0, 0.05) is 6.04 Å². The van der Waals surface area contributed by atoms with Gasteiger partial charge >= 0.3 is 5.97 Å². The molecule has 0 aliphatic heterocycles. The van der Waals surface area contributed by atoms with Crippen LogP contribution in [0, 0.1) is 5.92 Å². The molecule has 134 valence electrons. The molecule has 0 unspecified atom stereocenters. The van der Waals surface area contributed by atoms with Crippen molar-refractivity contribution in [3.8, 4) is 0 Å². The molecule has 0 spiro atoms. The van der Waals surface area contributed by atoms with Gasteiger partial charge in [0.25, 0.3) is 0 Å². The maximum Gasteiger partial charge on any atom is 0.338 e. The average molecular weight is 361 g/mol. The van der Waals surface area contributed by atoms with Gasteiger partial charge in [-0.15, -0.1) is 0 Å². The normalized spacial score (nSPS) is 12.8. The minimum atomic E-state index is -3.71. The molecule has 0 bridgehead atoms. The number of rotatable bonds is 7. The fourth-order valence-corrected chi connectivity index (χ4v) is 3.84. The molecule has 1 atom stereocenters. The van der Waals surface area contributed by atoms with E-state index in [1.807, 2.05) is 44.2 Å². The lowest BCUT2D eigenvalue weighted by molar-refractivity contribution is 0.0526. The first-order valence-electron chi connectivity index (χ1n) is 8.19. The number of nitrogens with one attached hydrogen (secondary N) is 1. The summed E-state index contributed by atoms with van der Waals surface area (Å²) in [6, 6.07) is 14.9. The summed E-state index contributed by atoms with van der Waals surface area (Å²) in [5.41, 5.74) is 1.23. The van der Waals surface area contributed by atoms with Crippen LogP contribution in [0.3, 0.4) is 0 Å². The molecule has 6 heteroatoms. The van der Waals surface area contributed by atoms with E-state index in [0.717, 1.165) is 5.56 Å². The van der Waals surface area contributed by atoms with Gasteiger partial charge in [0.15, 0.2) is 0 Å². The van der Waals surface area contributed by atoms with Gasteiger partial charge in [-0.05, 0) is 42.7 Å². The number of carbonyl (C=O) groups excluding carboxylic acids is 1. The van der Waals surface area contributed by atoms with Crippen molar-refractivity contribution in [2.24, 2.45) is 5.92 Å². The number of carbonyl (C=O) groups is 1. The highest BCUT2D eigenvalue weighted by molar-refractivity contribution is 7.89. The first-order chi connectivity index (χ1) is 11.8. The molecule has 2 rings (SSSR count). The van der Waals surface area contributed by atoms with Crippen molar-refractivity contribution >= 4 is 16.0 Å². The van der Waals surface area contributed by atoms with E-state index < -0.39 is 16.0 Å². The standard InChI is InChI=1S/C19H23NO4S/c1-4-24-19(21)16-10-12-17(13-11-16)25(22,23)20-18(14(2)3)15-8-6-5-7-9-15/h5-14,18,20H,4H2,1-3H3/t18-/m0/s1. The maximum atomic E-state index is 12.7. The second-order valence-electron chi connectivity index (χ2n) is 6.00. The van der Waals surface area contributed by atoms with Crippen molar-refractivity contribution in [1.82, 2.24) is 4.72 Å². The molecule has 0 heterocycles. The highest BCUT2D eigenvalue weighted by Crippen LogP contribution is 2.24. The van der Waals surface area contributed by atoms with Gasteiger partial charge in [0.05, 0.1) is 17.1 Å². The Kier molecular flexibility index (Phi) is 6.33. The summed E-state index contributed by atoms with van der Waals surface area (Å²) in [5, 5.41) is 0. The third-order valence-corrected chi connectivity index (χ3v) is 5.24. The molecule has 5 nitrogen and oxygen atoms in total. The Labute approximate surface area is 149 Å². The first kappa shape index (κ1) is 19.1. The molecule has 0 saturated heterocycles. The van der Waals surface area contributed by atoms with E-state index in [1.165, 1.54) is 24.3 Å². The SMILES string of the molecule is CCOC(=O)c1ccc(S(=O)(=O)N[C@H](c2ccccc2)C(C)C)cc1. The van der Waals surface area contributed by atoms with E-state index in [0.29, 0.717) is 5.56 Å². The van der Waals surface area contributed by atoms with Crippen molar-refractivity contribution in [2.75, 3.05) is 6.61 Å². The van der Waals surface area contributed by atoms with Crippen molar-refractivity contribution in [1.29, 1.82) is 0 Å². The second kappa shape index (κ2) is 8.27. The highest BCUT2D eigenvalue weighted by atomic mass is 32.2. The molecule has 0 aliphatic carbocycles. The molecule has 0 fully saturated rings. The zero-order valence-corrected chi connectivity index (χ0v) is 15.4. The molecule has 0 amide bonds. The van der Waals surface area contributed by atoms with Crippen LogP contribution in [0.4, 0.5) is 0 Å². The van der Waals surface area contributed by atoms with Crippen LogP contribution >= 0.6 is 0 Å². The van der Waals surface area contributed by atoms with E-state index in [2.05, 4.69) is 4.72 Å². The Hall–Kier alpha value is -2.18. The fourth-order valence-electron chi connectivity index (χ4n) is 2.47. The molecule has 2 aromatic carbocycles. The Balaban J connectivity index is 2.24. The summed E-state index contributed by atoms with van der Waals surface area (Å²) in [4.78, 5) is 11.8. The number of esters is 1. The summed E-state index contributed by atoms with van der Waals surface area (Å²) in [6.45, 7) is 5.91. The predicted molar refractivity (Wildman–Crippen MR) is 96.7 cm³/mol. The molecule has 2 aromatic rings. The van der Waals surface area contributed by atoms with Gasteiger partial charge in [-0.3, -0.25) is 0 Å². The van der Waals surface area contributed by atoms with Gasteiger partial charge in [-0.2, -0.15) is 0 Å². The Morgan fingerprint density at radius 3 is 2.16 bits per heavy atom. The lowest BCUT2D eigenvalue weighted by Crippen LogP contribution is -2.31. The first-order valence-corrected chi connectivity index (χ1v) is 9.68. The maximum absolute atomic E-state index is 12.7. The zero-order chi connectivity index (χ0) is 18.4. The molecular weight excluding hydrogens is 338 g/mol. The van der Waals surface area contributed by atoms with Crippen LogP contribution in [0.25, 0.3) is 0 Å². The van der Waals surface area contributed by atoms with Crippen LogP contribution in [0.2, 0.25) is 0 Å². The number of hydrogen-bond donors (Lipinski definition) is 1. The topological polar surface area (TPSA) is 72.5 Å². The van der Waals surface area contributed by atoms with E-state index >= 15 is 0 Å². The highest BCUT2D eigenvalue weighted by Gasteiger charge is 2.24. The number of sulfonamides is 1. The smallest absolute Gasteiger partial charge is 0.338 e. The lowest BCUT2D eigenvalue weighted by atomic mass is 9.97. The largest absolute Gasteiger partial charge is 0.462 e. The number of ether oxygens (including phenoxy) is 1. The van der Waals surface area contributed by atoms with Crippen LogP contribution in [0.1, 0.15) is 42.7 Å². The van der Waals surface area contributed by atoms with E-state index in [9.17, 15) is 13.2 Å². The number of hydrogen-bond acceptors (Lipinski definition) is 4. The minimum Gasteiger partial charge on any atom is -0.462 e. The second-order valence-corrected chi connectivity index (χ2v) is 7.71. The summed E-state index contributed by atoms with van der Waals surface area (Å²) in [5.74, 6) is -0.389. The third kappa shape index (κ3) is 4.90. The lowest BCUT2D eigenvalue weighted by Gasteiger charge is -2.22. The summed E-state index contributed by atoms with van der Waals surface area (Å²) in [6.07, 6.45) is 0. The molecule has 0 radical (unpaired) electrons. The van der Waals surface area contributed by atoms with Gasteiger partial charge in [0.1, 0.15) is 0 Å². The van der Waals surface area contributed by atoms with Crippen LogP contribution in [-0.2, 0) is 14.8 Å². The van der Waals surface area contributed by atoms with Crippen molar-refractivity contribution in [3.05, 3.63) is 65.7 Å². The number of benzene rings is 2. The van der Waals surface area contributed by atoms with Gasteiger partial charge in [-0.1, -0.05) is 44.2 Å². The Morgan fingerprint density at radius 1 is 1.04 bits per heavy atom. The minimum absolute atomic E-state index is 0.0796. The average Bonchev–Trinajstić information content (AvgIpc) is 2.60. The van der Waals surface area contributed by atoms with Crippen LogP contribution in [0.5, 0.6) is 0 Å². The summed E-state index contributed by atoms with van der Waals surface area (Å²) in [7, 11) is -3.71. The van der Waals surface area contributed by atoms with Crippen molar-refractivity contribution in [3.63, 3.8) is 0 Å². The van der Waals surface area contributed by atoms with E-state index in [-0.39, 0.29) is 23.5 Å². The quantitative estimate of drug-likeness (QED) is 0.766. The van der Waals surface area contributed by atoms with Gasteiger partial charge in [0.2, 0.25) is 10.0 Å². The molecule has 0 aliphatic rings.